The predicted octanol–water partition coefficient (Wildman–Crippen LogP) is 2.96. The highest BCUT2D eigenvalue weighted by Crippen LogP contribution is 2.25. The number of nitrogens with zero attached hydrogens (tertiary/aromatic N) is 2. The molecular weight excluding hydrogens is 229 g/mol. The lowest BCUT2D eigenvalue weighted by Gasteiger charge is -2.09. The first-order valence-electron chi connectivity index (χ1n) is 3.99. The van der Waals surface area contributed by atoms with Gasteiger partial charge in [-0.3, -0.25) is 0 Å². The fourth-order valence-corrected chi connectivity index (χ4v) is 1.50. The second-order valence-corrected chi connectivity index (χ2v) is 3.00. The van der Waals surface area contributed by atoms with E-state index in [4.69, 9.17) is 16.9 Å². The summed E-state index contributed by atoms with van der Waals surface area (Å²) in [6.07, 6.45) is -3.06. The summed E-state index contributed by atoms with van der Waals surface area (Å²) in [7, 11) is 0. The molecule has 0 unspecified atom stereocenters. The van der Waals surface area contributed by atoms with Gasteiger partial charge in [-0.05, 0) is 17.2 Å². The van der Waals surface area contributed by atoms with Gasteiger partial charge in [0.05, 0.1) is 12.5 Å². The Kier molecular flexibility index (Phi) is 3.92. The molecule has 0 aliphatic heterocycles. The quantitative estimate of drug-likeness (QED) is 0.596. The third-order valence-electron chi connectivity index (χ3n) is 1.83. The van der Waals surface area contributed by atoms with Gasteiger partial charge in [0.15, 0.2) is 0 Å². The van der Waals surface area contributed by atoms with Crippen molar-refractivity contribution in [2.45, 2.75) is 18.7 Å². The zero-order valence-corrected chi connectivity index (χ0v) is 8.23. The molecular formula is C9H6ClF3N2. The Hall–Kier alpha value is -1.28. The number of aromatic nitrogens is 1. The highest BCUT2D eigenvalue weighted by Gasteiger charge is 2.19. The van der Waals surface area contributed by atoms with E-state index in [0.717, 1.165) is 6.07 Å². The lowest BCUT2D eigenvalue weighted by atomic mass is 10.1. The molecule has 0 radical (unpaired) electrons. The summed E-state index contributed by atoms with van der Waals surface area (Å²) in [6, 6.07) is 2.71. The molecule has 0 amide bonds. The second kappa shape index (κ2) is 4.99. The van der Waals surface area contributed by atoms with Crippen molar-refractivity contribution in [2.24, 2.45) is 0 Å². The minimum Gasteiger partial charge on any atom is -0.218 e. The van der Waals surface area contributed by atoms with Crippen LogP contribution in [-0.2, 0) is 12.3 Å². The van der Waals surface area contributed by atoms with Crippen LogP contribution in [0.15, 0.2) is 6.07 Å². The fraction of sp³-hybridized carbons (Fsp3) is 0.333. The molecule has 0 aliphatic carbocycles. The highest BCUT2D eigenvalue weighted by molar-refractivity contribution is 6.17. The van der Waals surface area contributed by atoms with Crippen molar-refractivity contribution in [1.82, 2.24) is 4.98 Å². The van der Waals surface area contributed by atoms with Gasteiger partial charge in [-0.15, -0.1) is 11.6 Å². The van der Waals surface area contributed by atoms with Gasteiger partial charge in [-0.2, -0.15) is 9.65 Å². The summed E-state index contributed by atoms with van der Waals surface area (Å²) >= 11 is 5.46. The topological polar surface area (TPSA) is 36.7 Å². The first kappa shape index (κ1) is 11.8. The molecule has 0 spiro atoms. The number of pyridine rings is 1. The van der Waals surface area contributed by atoms with Crippen LogP contribution in [0.2, 0.25) is 0 Å². The van der Waals surface area contributed by atoms with Gasteiger partial charge in [0.25, 0.3) is 6.43 Å². The van der Waals surface area contributed by atoms with Crippen molar-refractivity contribution >= 4 is 11.6 Å². The number of alkyl halides is 3. The molecule has 1 rings (SSSR count). The standard InChI is InChI=1S/C9H6ClF3N2/c10-4-6-5(1-2-14)3-7(11)15-8(6)9(12)13/h3,9H,1,4H2. The Labute approximate surface area is 89.3 Å². The number of hydrogen-bond donors (Lipinski definition) is 0. The molecule has 0 atom stereocenters. The highest BCUT2D eigenvalue weighted by atomic mass is 35.5. The summed E-state index contributed by atoms with van der Waals surface area (Å²) in [6.45, 7) is 0. The van der Waals surface area contributed by atoms with E-state index in [0.29, 0.717) is 0 Å². The summed E-state index contributed by atoms with van der Waals surface area (Å²) in [5.74, 6) is -1.24. The lowest BCUT2D eigenvalue weighted by Crippen LogP contribution is -2.04. The Morgan fingerprint density at radius 1 is 1.53 bits per heavy atom. The molecule has 6 heteroatoms. The van der Waals surface area contributed by atoms with Crippen LogP contribution in [0.5, 0.6) is 0 Å². The Morgan fingerprint density at radius 2 is 2.20 bits per heavy atom. The van der Waals surface area contributed by atoms with Crippen LogP contribution in [0.4, 0.5) is 13.2 Å². The van der Waals surface area contributed by atoms with Gasteiger partial charge in [0, 0.05) is 5.88 Å². The smallest absolute Gasteiger partial charge is 0.218 e. The van der Waals surface area contributed by atoms with Gasteiger partial charge in [-0.1, -0.05) is 0 Å². The molecule has 0 fully saturated rings. The van der Waals surface area contributed by atoms with Crippen LogP contribution in [0.1, 0.15) is 23.2 Å². The number of rotatable bonds is 3. The van der Waals surface area contributed by atoms with Crippen LogP contribution >= 0.6 is 11.6 Å². The van der Waals surface area contributed by atoms with Crippen molar-refractivity contribution in [3.05, 3.63) is 28.8 Å². The molecule has 0 bridgehead atoms. The normalized spacial score (nSPS) is 10.4. The molecule has 80 valence electrons. The maximum atomic E-state index is 12.8. The Balaban J connectivity index is 3.33. The average molecular weight is 235 g/mol. The second-order valence-electron chi connectivity index (χ2n) is 2.74. The molecule has 2 nitrogen and oxygen atoms in total. The third-order valence-corrected chi connectivity index (χ3v) is 2.09. The zero-order valence-electron chi connectivity index (χ0n) is 7.48. The molecule has 0 saturated heterocycles. The first-order valence-corrected chi connectivity index (χ1v) is 4.52. The summed E-state index contributed by atoms with van der Waals surface area (Å²) in [4.78, 5) is 3.08. The van der Waals surface area contributed by atoms with Crippen molar-refractivity contribution in [3.8, 4) is 6.07 Å². The monoisotopic (exact) mass is 234 g/mol. The number of halogens is 4. The molecule has 0 N–H and O–H groups in total. The van der Waals surface area contributed by atoms with E-state index >= 15 is 0 Å². The van der Waals surface area contributed by atoms with Crippen molar-refractivity contribution in [1.29, 1.82) is 5.26 Å². The van der Waals surface area contributed by atoms with Gasteiger partial charge < -0.3 is 0 Å². The average Bonchev–Trinajstić information content (AvgIpc) is 2.17. The maximum absolute atomic E-state index is 12.8. The largest absolute Gasteiger partial charge is 0.280 e. The van der Waals surface area contributed by atoms with E-state index in [1.165, 1.54) is 0 Å². The van der Waals surface area contributed by atoms with Crippen LogP contribution < -0.4 is 0 Å². The minimum atomic E-state index is -2.90. The molecule has 1 aromatic heterocycles. The zero-order chi connectivity index (χ0) is 11.4. The Bertz CT molecular complexity index is 401. The van der Waals surface area contributed by atoms with E-state index in [9.17, 15) is 13.2 Å². The summed E-state index contributed by atoms with van der Waals surface area (Å²) in [5, 5.41) is 8.44. The number of hydrogen-bond acceptors (Lipinski definition) is 2. The van der Waals surface area contributed by atoms with Gasteiger partial charge in [-0.25, -0.2) is 13.8 Å². The SMILES string of the molecule is N#CCc1cc(F)nc(C(F)F)c1CCl. The van der Waals surface area contributed by atoms with E-state index in [1.807, 2.05) is 0 Å². The van der Waals surface area contributed by atoms with E-state index in [1.54, 1.807) is 6.07 Å². The van der Waals surface area contributed by atoms with Gasteiger partial charge in [0.2, 0.25) is 5.95 Å². The molecule has 1 heterocycles. The molecule has 0 saturated carbocycles. The molecule has 15 heavy (non-hydrogen) atoms. The van der Waals surface area contributed by atoms with Crippen molar-refractivity contribution in [3.63, 3.8) is 0 Å². The third kappa shape index (κ3) is 2.60. The van der Waals surface area contributed by atoms with Crippen LogP contribution in [0.25, 0.3) is 0 Å². The fourth-order valence-electron chi connectivity index (χ4n) is 1.19. The first-order chi connectivity index (χ1) is 7.10. The predicted molar refractivity (Wildman–Crippen MR) is 48.0 cm³/mol. The minimum absolute atomic E-state index is 0.0367. The van der Waals surface area contributed by atoms with Gasteiger partial charge >= 0.3 is 0 Å². The van der Waals surface area contributed by atoms with Crippen LogP contribution in [0.3, 0.4) is 0 Å². The molecule has 1 aromatic rings. The van der Waals surface area contributed by atoms with Crippen LogP contribution in [0, 0.1) is 17.3 Å². The molecule has 0 aromatic carbocycles. The Morgan fingerprint density at radius 3 is 2.67 bits per heavy atom. The summed E-state index contributed by atoms with van der Waals surface area (Å²) in [5.41, 5.74) is -0.486. The van der Waals surface area contributed by atoms with E-state index < -0.39 is 18.1 Å². The van der Waals surface area contributed by atoms with E-state index in [-0.39, 0.29) is 23.4 Å². The van der Waals surface area contributed by atoms with Crippen molar-refractivity contribution in [2.75, 3.05) is 0 Å². The van der Waals surface area contributed by atoms with Crippen molar-refractivity contribution < 1.29 is 13.2 Å². The summed E-state index contributed by atoms with van der Waals surface area (Å²) < 4.78 is 37.7. The number of nitriles is 1. The lowest BCUT2D eigenvalue weighted by molar-refractivity contribution is 0.143. The molecule has 0 aliphatic rings. The van der Waals surface area contributed by atoms with E-state index in [2.05, 4.69) is 4.98 Å². The maximum Gasteiger partial charge on any atom is 0.280 e. The van der Waals surface area contributed by atoms with Crippen LogP contribution in [-0.4, -0.2) is 4.98 Å². The van der Waals surface area contributed by atoms with Gasteiger partial charge in [0.1, 0.15) is 5.69 Å².